The van der Waals surface area contributed by atoms with Gasteiger partial charge in [-0.05, 0) is 25.7 Å². The molecule has 3 rings (SSSR count). The third-order valence-corrected chi connectivity index (χ3v) is 4.74. The maximum absolute atomic E-state index is 11.5. The van der Waals surface area contributed by atoms with Gasteiger partial charge in [0.2, 0.25) is 0 Å². The summed E-state index contributed by atoms with van der Waals surface area (Å²) in [4.78, 5) is 24.8. The molecule has 0 spiro atoms. The average Bonchev–Trinajstić information content (AvgIpc) is 3.12. The van der Waals surface area contributed by atoms with Crippen molar-refractivity contribution >= 4 is 12.0 Å². The number of hydrogen-bond donors (Lipinski definition) is 3. The number of aromatic carboxylic acids is 1. The zero-order chi connectivity index (χ0) is 17.1. The molecule has 2 heterocycles. The fraction of sp³-hybridized carbons (Fsp3) is 0.688. The topological polar surface area (TPSA) is 99.5 Å². The summed E-state index contributed by atoms with van der Waals surface area (Å²) in [6.07, 6.45) is 3.44. The molecule has 8 heteroatoms. The van der Waals surface area contributed by atoms with E-state index in [0.29, 0.717) is 19.5 Å². The van der Waals surface area contributed by atoms with Crippen molar-refractivity contribution in [2.45, 2.75) is 45.2 Å². The van der Waals surface area contributed by atoms with Crippen LogP contribution < -0.4 is 10.6 Å². The Morgan fingerprint density at radius 2 is 2.29 bits per heavy atom. The van der Waals surface area contributed by atoms with Crippen molar-refractivity contribution < 1.29 is 14.7 Å². The normalized spacial score (nSPS) is 20.1. The molecule has 0 aromatic carbocycles. The van der Waals surface area contributed by atoms with Gasteiger partial charge in [-0.15, -0.1) is 0 Å². The van der Waals surface area contributed by atoms with Crippen molar-refractivity contribution in [3.05, 3.63) is 17.0 Å². The first-order valence-corrected chi connectivity index (χ1v) is 8.68. The van der Waals surface area contributed by atoms with E-state index >= 15 is 0 Å². The molecule has 1 aliphatic carbocycles. The number of rotatable bonds is 7. The van der Waals surface area contributed by atoms with Crippen LogP contribution in [-0.4, -0.2) is 64.0 Å². The summed E-state index contributed by atoms with van der Waals surface area (Å²) in [5.41, 5.74) is 2.15. The Balaban J connectivity index is 1.61. The van der Waals surface area contributed by atoms with E-state index in [1.54, 1.807) is 4.90 Å². The van der Waals surface area contributed by atoms with Crippen molar-refractivity contribution in [1.29, 1.82) is 0 Å². The van der Waals surface area contributed by atoms with Crippen LogP contribution in [0.15, 0.2) is 0 Å². The molecular weight excluding hydrogens is 310 g/mol. The van der Waals surface area contributed by atoms with Gasteiger partial charge in [0, 0.05) is 50.0 Å². The Morgan fingerprint density at radius 1 is 1.46 bits per heavy atom. The highest BCUT2D eigenvalue weighted by Gasteiger charge is 2.29. The number of hydrogen-bond acceptors (Lipinski definition) is 4. The Kier molecular flexibility index (Phi) is 5.03. The predicted octanol–water partition coefficient (Wildman–Crippen LogP) is 0.463. The first-order valence-electron chi connectivity index (χ1n) is 8.68. The minimum Gasteiger partial charge on any atom is -0.476 e. The van der Waals surface area contributed by atoms with Crippen LogP contribution in [0.5, 0.6) is 0 Å². The average molecular weight is 335 g/mol. The first kappa shape index (κ1) is 16.8. The maximum atomic E-state index is 11.5. The van der Waals surface area contributed by atoms with E-state index in [0.717, 1.165) is 50.2 Å². The van der Waals surface area contributed by atoms with Crippen LogP contribution in [0.1, 0.15) is 41.5 Å². The summed E-state index contributed by atoms with van der Waals surface area (Å²) in [5.74, 6) is -0.949. The SMILES string of the molecule is CCCn1nc(C(=O)O)c2c1CCC(NCCN1CCNC1=O)C2. The third-order valence-electron chi connectivity index (χ3n) is 4.74. The smallest absolute Gasteiger partial charge is 0.356 e. The van der Waals surface area contributed by atoms with Gasteiger partial charge < -0.3 is 20.6 Å². The highest BCUT2D eigenvalue weighted by Crippen LogP contribution is 2.25. The van der Waals surface area contributed by atoms with Gasteiger partial charge in [-0.2, -0.15) is 5.10 Å². The van der Waals surface area contributed by atoms with Gasteiger partial charge in [0.05, 0.1) is 0 Å². The lowest BCUT2D eigenvalue weighted by atomic mass is 9.91. The van der Waals surface area contributed by atoms with Crippen LogP contribution in [0.25, 0.3) is 0 Å². The quantitative estimate of drug-likeness (QED) is 0.672. The molecule has 0 radical (unpaired) electrons. The van der Waals surface area contributed by atoms with E-state index in [9.17, 15) is 14.7 Å². The molecule has 3 N–H and O–H groups in total. The maximum Gasteiger partial charge on any atom is 0.356 e. The number of nitrogens with one attached hydrogen (secondary N) is 2. The number of carboxylic acids is 1. The van der Waals surface area contributed by atoms with Gasteiger partial charge in [0.1, 0.15) is 0 Å². The van der Waals surface area contributed by atoms with Gasteiger partial charge in [-0.3, -0.25) is 4.68 Å². The van der Waals surface area contributed by atoms with Crippen LogP contribution in [0.4, 0.5) is 4.79 Å². The molecule has 0 saturated carbocycles. The number of urea groups is 1. The Hall–Kier alpha value is -2.09. The molecular formula is C16H25N5O3. The molecule has 24 heavy (non-hydrogen) atoms. The first-order chi connectivity index (χ1) is 11.6. The predicted molar refractivity (Wildman–Crippen MR) is 88.3 cm³/mol. The van der Waals surface area contributed by atoms with Crippen molar-refractivity contribution in [2.24, 2.45) is 0 Å². The van der Waals surface area contributed by atoms with Gasteiger partial charge in [-0.1, -0.05) is 6.92 Å². The van der Waals surface area contributed by atoms with Crippen LogP contribution >= 0.6 is 0 Å². The standard InChI is InChI=1S/C16H25N5O3/c1-2-7-21-13-4-3-11(10-12(13)14(19-21)15(22)23)17-5-8-20-9-6-18-16(20)24/h11,17H,2-10H2,1H3,(H,18,24)(H,22,23). The summed E-state index contributed by atoms with van der Waals surface area (Å²) in [6, 6.07) is 0.234. The lowest BCUT2D eigenvalue weighted by Crippen LogP contribution is -2.41. The second-order valence-corrected chi connectivity index (χ2v) is 6.41. The summed E-state index contributed by atoms with van der Waals surface area (Å²) in [7, 11) is 0. The number of carbonyl (C=O) groups is 2. The van der Waals surface area contributed by atoms with E-state index in [1.807, 2.05) is 4.68 Å². The van der Waals surface area contributed by atoms with Crippen LogP contribution in [-0.2, 0) is 19.4 Å². The number of amides is 2. The molecule has 1 aliphatic heterocycles. The van der Waals surface area contributed by atoms with Gasteiger partial charge in [-0.25, -0.2) is 9.59 Å². The summed E-state index contributed by atoms with van der Waals surface area (Å²) in [6.45, 7) is 5.69. The monoisotopic (exact) mass is 335 g/mol. The zero-order valence-corrected chi connectivity index (χ0v) is 14.0. The van der Waals surface area contributed by atoms with E-state index in [1.165, 1.54) is 0 Å². The molecule has 1 fully saturated rings. The molecule has 1 aromatic rings. The Bertz CT molecular complexity index is 627. The lowest BCUT2D eigenvalue weighted by Gasteiger charge is -2.25. The molecule has 1 saturated heterocycles. The van der Waals surface area contributed by atoms with Gasteiger partial charge in [0.25, 0.3) is 0 Å². The Morgan fingerprint density at radius 3 is 2.96 bits per heavy atom. The van der Waals surface area contributed by atoms with Crippen molar-refractivity contribution in [3.8, 4) is 0 Å². The fourth-order valence-electron chi connectivity index (χ4n) is 3.56. The molecule has 1 aromatic heterocycles. The molecule has 132 valence electrons. The van der Waals surface area contributed by atoms with Crippen LogP contribution in [0.2, 0.25) is 0 Å². The molecule has 0 bridgehead atoms. The van der Waals surface area contributed by atoms with Gasteiger partial charge in [0.15, 0.2) is 5.69 Å². The number of nitrogens with zero attached hydrogens (tertiary/aromatic N) is 3. The number of fused-ring (bicyclic) bond motifs is 1. The number of carbonyl (C=O) groups excluding carboxylic acids is 1. The number of aryl methyl sites for hydroxylation is 1. The largest absolute Gasteiger partial charge is 0.476 e. The van der Waals surface area contributed by atoms with Crippen molar-refractivity contribution in [3.63, 3.8) is 0 Å². The highest BCUT2D eigenvalue weighted by molar-refractivity contribution is 5.87. The van der Waals surface area contributed by atoms with E-state index < -0.39 is 5.97 Å². The van der Waals surface area contributed by atoms with E-state index in [4.69, 9.17) is 0 Å². The number of aromatic nitrogens is 2. The third kappa shape index (κ3) is 3.38. The molecule has 1 unspecified atom stereocenters. The van der Waals surface area contributed by atoms with Crippen molar-refractivity contribution in [2.75, 3.05) is 26.2 Å². The van der Waals surface area contributed by atoms with E-state index in [2.05, 4.69) is 22.7 Å². The summed E-state index contributed by atoms with van der Waals surface area (Å²) < 4.78 is 1.86. The molecule has 1 atom stereocenters. The fourth-order valence-corrected chi connectivity index (χ4v) is 3.56. The summed E-state index contributed by atoms with van der Waals surface area (Å²) in [5, 5.41) is 20.0. The second-order valence-electron chi connectivity index (χ2n) is 6.41. The van der Waals surface area contributed by atoms with E-state index in [-0.39, 0.29) is 17.8 Å². The molecule has 2 amide bonds. The van der Waals surface area contributed by atoms with Crippen LogP contribution in [0.3, 0.4) is 0 Å². The second kappa shape index (κ2) is 7.21. The number of carboxylic acid groups (broad SMARTS) is 1. The van der Waals surface area contributed by atoms with Gasteiger partial charge >= 0.3 is 12.0 Å². The minimum atomic E-state index is -0.949. The van der Waals surface area contributed by atoms with Crippen LogP contribution in [0, 0.1) is 0 Å². The van der Waals surface area contributed by atoms with Crippen molar-refractivity contribution in [1.82, 2.24) is 25.3 Å². The summed E-state index contributed by atoms with van der Waals surface area (Å²) >= 11 is 0. The molecule has 2 aliphatic rings. The molecule has 8 nitrogen and oxygen atoms in total. The lowest BCUT2D eigenvalue weighted by molar-refractivity contribution is 0.0688. The highest BCUT2D eigenvalue weighted by atomic mass is 16.4. The Labute approximate surface area is 141 Å². The zero-order valence-electron chi connectivity index (χ0n) is 14.0. The minimum absolute atomic E-state index is 0.00302.